The van der Waals surface area contributed by atoms with Gasteiger partial charge in [-0.3, -0.25) is 14.9 Å². The topological polar surface area (TPSA) is 98.5 Å². The fourth-order valence-electron chi connectivity index (χ4n) is 2.06. The van der Waals surface area contributed by atoms with Crippen LogP contribution >= 0.6 is 11.6 Å². The number of aryl methyl sites for hydroxylation is 1. The van der Waals surface area contributed by atoms with Gasteiger partial charge in [0.25, 0.3) is 11.6 Å². The molecule has 0 aromatic heterocycles. The van der Waals surface area contributed by atoms with Gasteiger partial charge in [0, 0.05) is 17.8 Å². The largest absolute Gasteiger partial charge is 0.452 e. The Balaban J connectivity index is 1.99. The smallest absolute Gasteiger partial charge is 0.340 e. The van der Waals surface area contributed by atoms with Gasteiger partial charge in [0.15, 0.2) is 6.61 Å². The van der Waals surface area contributed by atoms with Gasteiger partial charge in [-0.05, 0) is 37.1 Å². The van der Waals surface area contributed by atoms with E-state index in [1.807, 2.05) is 19.9 Å². The molecule has 0 fully saturated rings. The normalized spacial score (nSPS) is 10.2. The molecule has 25 heavy (non-hydrogen) atoms. The molecule has 130 valence electrons. The van der Waals surface area contributed by atoms with Gasteiger partial charge in [-0.15, -0.1) is 0 Å². The quantitative estimate of drug-likeness (QED) is 0.497. The van der Waals surface area contributed by atoms with E-state index in [4.69, 9.17) is 16.3 Å². The number of nitro groups is 1. The van der Waals surface area contributed by atoms with Crippen LogP contribution in [0.3, 0.4) is 0 Å². The molecule has 1 N–H and O–H groups in total. The van der Waals surface area contributed by atoms with Gasteiger partial charge < -0.3 is 10.1 Å². The van der Waals surface area contributed by atoms with Gasteiger partial charge in [-0.2, -0.15) is 0 Å². The third-order valence-electron chi connectivity index (χ3n) is 3.60. The first-order valence-electron chi connectivity index (χ1n) is 7.26. The summed E-state index contributed by atoms with van der Waals surface area (Å²) in [7, 11) is 0. The van der Waals surface area contributed by atoms with E-state index < -0.39 is 23.4 Å². The zero-order valence-corrected chi connectivity index (χ0v) is 14.3. The molecule has 0 aliphatic heterocycles. The number of nitro benzene ring substituents is 1. The summed E-state index contributed by atoms with van der Waals surface area (Å²) in [4.78, 5) is 33.9. The molecule has 2 aromatic rings. The Kier molecular flexibility index (Phi) is 5.71. The van der Waals surface area contributed by atoms with Crippen LogP contribution in [0, 0.1) is 24.0 Å². The molecule has 0 saturated carbocycles. The molecule has 2 rings (SSSR count). The van der Waals surface area contributed by atoms with Crippen molar-refractivity contribution in [3.63, 3.8) is 0 Å². The highest BCUT2D eigenvalue weighted by atomic mass is 35.5. The van der Waals surface area contributed by atoms with E-state index >= 15 is 0 Å². The zero-order chi connectivity index (χ0) is 18.6. The summed E-state index contributed by atoms with van der Waals surface area (Å²) in [6.45, 7) is 3.29. The highest BCUT2D eigenvalue weighted by Crippen LogP contribution is 2.23. The lowest BCUT2D eigenvalue weighted by atomic mass is 10.1. The molecule has 0 atom stereocenters. The Morgan fingerprint density at radius 1 is 1.24 bits per heavy atom. The number of halogens is 1. The predicted molar refractivity (Wildman–Crippen MR) is 92.9 cm³/mol. The highest BCUT2D eigenvalue weighted by molar-refractivity contribution is 6.33. The SMILES string of the molecule is Cc1cccc(NC(=O)COC(=O)c2ccc([N+](=O)[O-])cc2Cl)c1C. The number of non-ortho nitro benzene ring substituents is 1. The fourth-order valence-corrected chi connectivity index (χ4v) is 2.32. The number of anilines is 1. The lowest BCUT2D eigenvalue weighted by Gasteiger charge is -2.11. The number of esters is 1. The van der Waals surface area contributed by atoms with Crippen molar-refractivity contribution in [1.82, 2.24) is 0 Å². The van der Waals surface area contributed by atoms with Crippen LogP contribution in [0.1, 0.15) is 21.5 Å². The molecule has 0 spiro atoms. The molecule has 0 saturated heterocycles. The van der Waals surface area contributed by atoms with Crippen molar-refractivity contribution in [2.75, 3.05) is 11.9 Å². The number of hydrogen-bond donors (Lipinski definition) is 1. The van der Waals surface area contributed by atoms with E-state index in [1.165, 1.54) is 6.07 Å². The van der Waals surface area contributed by atoms with Crippen LogP contribution < -0.4 is 5.32 Å². The number of carbonyl (C=O) groups excluding carboxylic acids is 2. The van der Waals surface area contributed by atoms with E-state index in [0.717, 1.165) is 23.3 Å². The second-order valence-electron chi connectivity index (χ2n) is 5.29. The van der Waals surface area contributed by atoms with Gasteiger partial charge >= 0.3 is 5.97 Å². The van der Waals surface area contributed by atoms with Crippen molar-refractivity contribution in [3.05, 3.63) is 68.2 Å². The molecule has 0 unspecified atom stereocenters. The van der Waals surface area contributed by atoms with Gasteiger partial charge in [-0.25, -0.2) is 4.79 Å². The van der Waals surface area contributed by atoms with Crippen LogP contribution in [0.4, 0.5) is 11.4 Å². The third kappa shape index (κ3) is 4.54. The minimum absolute atomic E-state index is 0.0493. The number of hydrogen-bond acceptors (Lipinski definition) is 5. The van der Waals surface area contributed by atoms with Gasteiger partial charge in [-0.1, -0.05) is 23.7 Å². The molecule has 0 heterocycles. The maximum absolute atomic E-state index is 12.0. The maximum Gasteiger partial charge on any atom is 0.340 e. The Morgan fingerprint density at radius 3 is 2.60 bits per heavy atom. The molecule has 0 aliphatic carbocycles. The van der Waals surface area contributed by atoms with Crippen molar-refractivity contribution in [3.8, 4) is 0 Å². The summed E-state index contributed by atoms with van der Waals surface area (Å²) in [5.41, 5.74) is 2.28. The second kappa shape index (κ2) is 7.76. The average Bonchev–Trinajstić information content (AvgIpc) is 2.56. The van der Waals surface area contributed by atoms with Crippen molar-refractivity contribution in [2.45, 2.75) is 13.8 Å². The minimum Gasteiger partial charge on any atom is -0.452 e. The Bertz CT molecular complexity index is 851. The zero-order valence-electron chi connectivity index (χ0n) is 13.5. The molecule has 0 radical (unpaired) electrons. The van der Waals surface area contributed by atoms with E-state index in [-0.39, 0.29) is 16.3 Å². The average molecular weight is 363 g/mol. The van der Waals surface area contributed by atoms with Crippen LogP contribution in [0.5, 0.6) is 0 Å². The van der Waals surface area contributed by atoms with Crippen LogP contribution in [0.2, 0.25) is 5.02 Å². The van der Waals surface area contributed by atoms with Crippen LogP contribution in [0.15, 0.2) is 36.4 Å². The molecule has 8 heteroatoms. The van der Waals surface area contributed by atoms with E-state index in [2.05, 4.69) is 5.32 Å². The van der Waals surface area contributed by atoms with Crippen LogP contribution in [-0.4, -0.2) is 23.4 Å². The van der Waals surface area contributed by atoms with E-state index in [1.54, 1.807) is 12.1 Å². The first-order chi connectivity index (χ1) is 11.8. The number of nitrogens with one attached hydrogen (secondary N) is 1. The first-order valence-corrected chi connectivity index (χ1v) is 7.64. The summed E-state index contributed by atoms with van der Waals surface area (Å²) in [6, 6.07) is 8.84. The molecule has 2 aromatic carbocycles. The molecular formula is C17H15ClN2O5. The van der Waals surface area contributed by atoms with E-state index in [9.17, 15) is 19.7 Å². The lowest BCUT2D eigenvalue weighted by Crippen LogP contribution is -2.21. The summed E-state index contributed by atoms with van der Waals surface area (Å²) >= 11 is 5.85. The number of nitrogens with zero attached hydrogens (tertiary/aromatic N) is 1. The van der Waals surface area contributed by atoms with Crippen molar-refractivity contribution in [2.24, 2.45) is 0 Å². The summed E-state index contributed by atoms with van der Waals surface area (Å²) in [5.74, 6) is -1.34. The van der Waals surface area contributed by atoms with Crippen molar-refractivity contribution < 1.29 is 19.2 Å². The third-order valence-corrected chi connectivity index (χ3v) is 3.91. The standard InChI is InChI=1S/C17H15ClN2O5/c1-10-4-3-5-15(11(10)2)19-16(21)9-25-17(22)13-7-6-12(20(23)24)8-14(13)18/h3-8H,9H2,1-2H3,(H,19,21). The van der Waals surface area contributed by atoms with Crippen LogP contribution in [0.25, 0.3) is 0 Å². The van der Waals surface area contributed by atoms with E-state index in [0.29, 0.717) is 5.69 Å². The summed E-state index contributed by atoms with van der Waals surface area (Å²) in [5, 5.41) is 13.2. The number of benzene rings is 2. The minimum atomic E-state index is -0.837. The highest BCUT2D eigenvalue weighted by Gasteiger charge is 2.17. The monoisotopic (exact) mass is 362 g/mol. The first kappa shape index (κ1) is 18.4. The van der Waals surface area contributed by atoms with Gasteiger partial charge in [0.05, 0.1) is 15.5 Å². The molecule has 0 aliphatic rings. The number of carbonyl (C=O) groups is 2. The summed E-state index contributed by atoms with van der Waals surface area (Å²) < 4.78 is 4.91. The molecule has 0 bridgehead atoms. The second-order valence-corrected chi connectivity index (χ2v) is 5.70. The Hall–Kier alpha value is -2.93. The van der Waals surface area contributed by atoms with Crippen LogP contribution in [-0.2, 0) is 9.53 Å². The van der Waals surface area contributed by atoms with Crippen molar-refractivity contribution in [1.29, 1.82) is 0 Å². The predicted octanol–water partition coefficient (Wildman–Crippen LogP) is 3.66. The van der Waals surface area contributed by atoms with Gasteiger partial charge in [0.2, 0.25) is 0 Å². The molecule has 7 nitrogen and oxygen atoms in total. The molecular weight excluding hydrogens is 348 g/mol. The Morgan fingerprint density at radius 2 is 1.96 bits per heavy atom. The maximum atomic E-state index is 12.0. The number of ether oxygens (including phenoxy) is 1. The van der Waals surface area contributed by atoms with Crippen molar-refractivity contribution >= 4 is 34.9 Å². The Labute approximate surface area is 148 Å². The molecule has 1 amide bonds. The fraction of sp³-hybridized carbons (Fsp3) is 0.176. The summed E-state index contributed by atoms with van der Waals surface area (Å²) in [6.07, 6.45) is 0. The van der Waals surface area contributed by atoms with Gasteiger partial charge in [0.1, 0.15) is 0 Å². The number of rotatable bonds is 5. The lowest BCUT2D eigenvalue weighted by molar-refractivity contribution is -0.384. The number of amides is 1.